The number of esters is 1. The predicted octanol–water partition coefficient (Wildman–Crippen LogP) is 0.760. The molecular formula is C11H16BNO5. The fourth-order valence-corrected chi connectivity index (χ4v) is 1.54. The Morgan fingerprint density at radius 2 is 1.83 bits per heavy atom. The van der Waals surface area contributed by atoms with Crippen molar-refractivity contribution in [2.24, 2.45) is 0 Å². The third-order valence-corrected chi connectivity index (χ3v) is 3.37. The van der Waals surface area contributed by atoms with Gasteiger partial charge in [-0.2, -0.15) is 0 Å². The van der Waals surface area contributed by atoms with Crippen LogP contribution in [0.3, 0.4) is 0 Å². The Morgan fingerprint density at radius 3 is 2.33 bits per heavy atom. The van der Waals surface area contributed by atoms with Gasteiger partial charge in [-0.15, -0.1) is 0 Å². The van der Waals surface area contributed by atoms with Gasteiger partial charge in [-0.05, 0) is 27.7 Å². The Kier molecular flexibility index (Phi) is 2.99. The van der Waals surface area contributed by atoms with E-state index in [4.69, 9.17) is 13.7 Å². The lowest BCUT2D eigenvalue weighted by atomic mass is 9.90. The third-order valence-electron chi connectivity index (χ3n) is 3.37. The first-order chi connectivity index (χ1) is 8.27. The summed E-state index contributed by atoms with van der Waals surface area (Å²) in [5.41, 5.74) is -0.949. The molecule has 2 heterocycles. The molecule has 1 aromatic rings. The van der Waals surface area contributed by atoms with Gasteiger partial charge < -0.3 is 18.5 Å². The van der Waals surface area contributed by atoms with Crippen molar-refractivity contribution in [2.45, 2.75) is 38.9 Å². The summed E-state index contributed by atoms with van der Waals surface area (Å²) >= 11 is 0. The lowest BCUT2D eigenvalue weighted by Gasteiger charge is -2.32. The molecule has 2 rings (SSSR count). The van der Waals surface area contributed by atoms with Crippen LogP contribution in [0, 0.1) is 0 Å². The van der Waals surface area contributed by atoms with Gasteiger partial charge in [0.05, 0.1) is 24.5 Å². The summed E-state index contributed by atoms with van der Waals surface area (Å²) < 4.78 is 21.3. The molecule has 18 heavy (non-hydrogen) atoms. The molecule has 0 N–H and O–H groups in total. The van der Waals surface area contributed by atoms with Gasteiger partial charge in [-0.1, -0.05) is 0 Å². The van der Waals surface area contributed by atoms with Crippen LogP contribution in [0.2, 0.25) is 0 Å². The minimum atomic E-state index is -0.714. The van der Waals surface area contributed by atoms with Crippen LogP contribution in [0.1, 0.15) is 38.2 Å². The highest BCUT2D eigenvalue weighted by Gasteiger charge is 2.54. The molecule has 0 aromatic carbocycles. The van der Waals surface area contributed by atoms with E-state index in [1.54, 1.807) is 0 Å². The Labute approximate surface area is 106 Å². The second-order valence-electron chi connectivity index (χ2n) is 5.14. The van der Waals surface area contributed by atoms with Gasteiger partial charge in [0.15, 0.2) is 0 Å². The standard InChI is InChI=1S/C11H16BNO5/c1-10(2)11(3,4)18-12(17-10)9-13-6-7(16-9)8(14)15-5/h6H,1-5H3. The number of methoxy groups -OCH3 is 1. The largest absolute Gasteiger partial charge is 0.554 e. The average molecular weight is 253 g/mol. The van der Waals surface area contributed by atoms with E-state index in [0.717, 1.165) is 0 Å². The van der Waals surface area contributed by atoms with Crippen LogP contribution in [0.4, 0.5) is 0 Å². The summed E-state index contributed by atoms with van der Waals surface area (Å²) in [4.78, 5) is 15.2. The Hall–Kier alpha value is -1.34. The Morgan fingerprint density at radius 1 is 1.28 bits per heavy atom. The fourth-order valence-electron chi connectivity index (χ4n) is 1.54. The average Bonchev–Trinajstić information content (AvgIpc) is 2.82. The van der Waals surface area contributed by atoms with E-state index in [0.29, 0.717) is 0 Å². The molecule has 1 fully saturated rings. The van der Waals surface area contributed by atoms with Crippen LogP contribution in [0.5, 0.6) is 0 Å². The molecule has 1 aliphatic heterocycles. The molecule has 0 saturated carbocycles. The van der Waals surface area contributed by atoms with E-state index in [9.17, 15) is 4.79 Å². The van der Waals surface area contributed by atoms with Crippen molar-refractivity contribution < 1.29 is 23.3 Å². The zero-order valence-electron chi connectivity index (χ0n) is 11.1. The highest BCUT2D eigenvalue weighted by Crippen LogP contribution is 2.36. The SMILES string of the molecule is COC(=O)c1cnc(B2OC(C)(C)C(C)(C)O2)o1. The minimum Gasteiger partial charge on any atom is -0.463 e. The Bertz CT molecular complexity index is 452. The van der Waals surface area contributed by atoms with Gasteiger partial charge in [-0.25, -0.2) is 9.78 Å². The van der Waals surface area contributed by atoms with Crippen LogP contribution >= 0.6 is 0 Å². The van der Waals surface area contributed by atoms with E-state index >= 15 is 0 Å². The van der Waals surface area contributed by atoms with Crippen molar-refractivity contribution in [2.75, 3.05) is 7.11 Å². The number of oxazole rings is 1. The van der Waals surface area contributed by atoms with Crippen LogP contribution in [-0.4, -0.2) is 36.4 Å². The molecule has 6 nitrogen and oxygen atoms in total. The van der Waals surface area contributed by atoms with Crippen LogP contribution in [0.25, 0.3) is 0 Å². The molecule has 7 heteroatoms. The second kappa shape index (κ2) is 4.10. The molecule has 1 aromatic heterocycles. The van der Waals surface area contributed by atoms with E-state index in [1.807, 2.05) is 27.7 Å². The molecule has 0 aliphatic carbocycles. The topological polar surface area (TPSA) is 70.8 Å². The van der Waals surface area contributed by atoms with Crippen LogP contribution < -0.4 is 5.79 Å². The maximum absolute atomic E-state index is 11.3. The van der Waals surface area contributed by atoms with E-state index in [-0.39, 0.29) is 11.6 Å². The van der Waals surface area contributed by atoms with Crippen molar-refractivity contribution in [3.8, 4) is 0 Å². The fraction of sp³-hybridized carbons (Fsp3) is 0.636. The molecule has 1 aliphatic rings. The van der Waals surface area contributed by atoms with Crippen molar-refractivity contribution in [1.82, 2.24) is 4.98 Å². The maximum atomic E-state index is 11.3. The summed E-state index contributed by atoms with van der Waals surface area (Å²) in [5, 5.41) is 0. The zero-order valence-corrected chi connectivity index (χ0v) is 11.1. The quantitative estimate of drug-likeness (QED) is 0.572. The Balaban J connectivity index is 2.20. The maximum Gasteiger partial charge on any atom is 0.554 e. The molecule has 0 unspecified atom stereocenters. The number of carbonyl (C=O) groups excluding carboxylic acids is 1. The minimum absolute atomic E-state index is 0.0298. The molecule has 1 saturated heterocycles. The summed E-state index contributed by atoms with van der Waals surface area (Å²) in [6.07, 6.45) is 1.30. The summed E-state index contributed by atoms with van der Waals surface area (Å²) in [7, 11) is 0.563. The van der Waals surface area contributed by atoms with Crippen LogP contribution in [0.15, 0.2) is 10.6 Å². The van der Waals surface area contributed by atoms with E-state index in [1.165, 1.54) is 13.3 Å². The van der Waals surface area contributed by atoms with Gasteiger partial charge in [-0.3, -0.25) is 0 Å². The van der Waals surface area contributed by atoms with Crippen molar-refractivity contribution >= 4 is 18.9 Å². The zero-order chi connectivity index (χ0) is 13.6. The molecule has 0 radical (unpaired) electrons. The van der Waals surface area contributed by atoms with Gasteiger partial charge in [0.25, 0.3) is 0 Å². The number of carbonyl (C=O) groups is 1. The van der Waals surface area contributed by atoms with Gasteiger partial charge >= 0.3 is 13.1 Å². The number of hydrogen-bond donors (Lipinski definition) is 0. The summed E-state index contributed by atoms with van der Waals surface area (Å²) in [6.45, 7) is 7.71. The normalized spacial score (nSPS) is 21.1. The molecule has 98 valence electrons. The van der Waals surface area contributed by atoms with Crippen molar-refractivity contribution in [3.05, 3.63) is 12.0 Å². The molecule has 0 spiro atoms. The van der Waals surface area contributed by atoms with E-state index < -0.39 is 24.3 Å². The first-order valence-electron chi connectivity index (χ1n) is 5.66. The van der Waals surface area contributed by atoms with Gasteiger partial charge in [0, 0.05) is 0 Å². The number of hydrogen-bond acceptors (Lipinski definition) is 6. The van der Waals surface area contributed by atoms with Crippen molar-refractivity contribution in [3.63, 3.8) is 0 Å². The highest BCUT2D eigenvalue weighted by molar-refractivity contribution is 6.59. The summed E-state index contributed by atoms with van der Waals surface area (Å²) in [5.74, 6) is -0.332. The second-order valence-corrected chi connectivity index (χ2v) is 5.14. The molecule has 0 atom stereocenters. The lowest BCUT2D eigenvalue weighted by Crippen LogP contribution is -2.41. The number of ether oxygens (including phenoxy) is 1. The summed E-state index contributed by atoms with van der Waals surface area (Å²) in [6, 6.07) is 0. The smallest absolute Gasteiger partial charge is 0.463 e. The number of rotatable bonds is 2. The van der Waals surface area contributed by atoms with E-state index in [2.05, 4.69) is 9.72 Å². The monoisotopic (exact) mass is 253 g/mol. The predicted molar refractivity (Wildman–Crippen MR) is 63.6 cm³/mol. The molecule has 0 amide bonds. The lowest BCUT2D eigenvalue weighted by molar-refractivity contribution is 0.00578. The molecule has 0 bridgehead atoms. The van der Waals surface area contributed by atoms with Crippen molar-refractivity contribution in [1.29, 1.82) is 0 Å². The highest BCUT2D eigenvalue weighted by atomic mass is 16.7. The van der Waals surface area contributed by atoms with Gasteiger partial charge in [0.2, 0.25) is 11.6 Å². The van der Waals surface area contributed by atoms with Crippen LogP contribution in [-0.2, 0) is 14.0 Å². The first-order valence-corrected chi connectivity index (χ1v) is 5.66. The molecular weight excluding hydrogens is 237 g/mol. The third kappa shape index (κ3) is 2.04. The first kappa shape index (κ1) is 13.1. The van der Waals surface area contributed by atoms with Gasteiger partial charge in [0.1, 0.15) is 0 Å². The number of nitrogens with zero attached hydrogens (tertiary/aromatic N) is 1. The number of aromatic nitrogens is 1.